The van der Waals surface area contributed by atoms with Crippen LogP contribution in [0.1, 0.15) is 13.3 Å². The highest BCUT2D eigenvalue weighted by atomic mass is 32.2. The Bertz CT molecular complexity index is 516. The number of benzene rings is 1. The summed E-state index contributed by atoms with van der Waals surface area (Å²) in [6.07, 6.45) is 0.347. The van der Waals surface area contributed by atoms with E-state index >= 15 is 0 Å². The van der Waals surface area contributed by atoms with Gasteiger partial charge in [0.15, 0.2) is 0 Å². The fraction of sp³-hybridized carbons (Fsp3) is 0.500. The second-order valence-electron chi connectivity index (χ2n) is 4.15. The quantitative estimate of drug-likeness (QED) is 0.581. The Hall–Kier alpha value is -1.47. The summed E-state index contributed by atoms with van der Waals surface area (Å²) in [7, 11) is -2.35. The van der Waals surface area contributed by atoms with Gasteiger partial charge in [0.25, 0.3) is 10.1 Å². The fourth-order valence-corrected chi connectivity index (χ4v) is 2.34. The van der Waals surface area contributed by atoms with Gasteiger partial charge in [-0.15, -0.1) is 0 Å². The van der Waals surface area contributed by atoms with Gasteiger partial charge >= 0.3 is 0 Å². The summed E-state index contributed by atoms with van der Waals surface area (Å²) in [5.74, 6) is 0.398. The Labute approximate surface area is 113 Å². The van der Waals surface area contributed by atoms with E-state index in [1.54, 1.807) is 19.2 Å². The number of hydrogen-bond donors (Lipinski definition) is 2. The zero-order valence-corrected chi connectivity index (χ0v) is 12.0. The number of methoxy groups -OCH3 is 1. The minimum Gasteiger partial charge on any atom is -0.495 e. The van der Waals surface area contributed by atoms with Crippen LogP contribution in [0.3, 0.4) is 0 Å². The van der Waals surface area contributed by atoms with E-state index in [-0.39, 0.29) is 5.75 Å². The molecule has 0 aliphatic rings. The maximum Gasteiger partial charge on any atom is 0.264 e. The van der Waals surface area contributed by atoms with Crippen LogP contribution in [0.15, 0.2) is 18.2 Å². The molecular formula is C12H20N2O4S. The van der Waals surface area contributed by atoms with Gasteiger partial charge in [0.2, 0.25) is 0 Å². The molecule has 0 spiro atoms. The first kappa shape index (κ1) is 15.6. The van der Waals surface area contributed by atoms with E-state index in [2.05, 4.69) is 0 Å². The molecule has 0 atom stereocenters. The summed E-state index contributed by atoms with van der Waals surface area (Å²) in [5, 5.41) is 0. The van der Waals surface area contributed by atoms with E-state index in [1.165, 1.54) is 0 Å². The van der Waals surface area contributed by atoms with Crippen molar-refractivity contribution in [2.45, 2.75) is 13.3 Å². The molecule has 0 radical (unpaired) electrons. The summed E-state index contributed by atoms with van der Waals surface area (Å²) in [4.78, 5) is 1.98. The van der Waals surface area contributed by atoms with Gasteiger partial charge in [0.05, 0.1) is 18.6 Å². The Morgan fingerprint density at radius 2 is 2.11 bits per heavy atom. The molecule has 0 unspecified atom stereocenters. The molecule has 0 fully saturated rings. The van der Waals surface area contributed by atoms with E-state index < -0.39 is 10.1 Å². The molecule has 108 valence electrons. The standard InChI is InChI=1S/C12H20N2O4S/c1-3-14(7-4-8-19(15,16)17)11-6-5-10(13)9-12(11)18-2/h5-6,9H,3-4,7-8,13H2,1-2H3,(H,15,16,17). The summed E-state index contributed by atoms with van der Waals surface area (Å²) < 4.78 is 35.4. The molecule has 1 rings (SSSR count). The van der Waals surface area contributed by atoms with Crippen LogP contribution in [0, 0.1) is 0 Å². The van der Waals surface area contributed by atoms with Gasteiger partial charge in [-0.05, 0) is 25.5 Å². The number of rotatable bonds is 7. The van der Waals surface area contributed by atoms with Crippen molar-refractivity contribution in [1.82, 2.24) is 0 Å². The third-order valence-electron chi connectivity index (χ3n) is 2.76. The molecule has 19 heavy (non-hydrogen) atoms. The summed E-state index contributed by atoms with van der Waals surface area (Å²) in [6.45, 7) is 3.17. The minimum absolute atomic E-state index is 0.249. The van der Waals surface area contributed by atoms with Gasteiger partial charge in [-0.25, -0.2) is 0 Å². The first-order chi connectivity index (χ1) is 8.87. The summed E-state index contributed by atoms with van der Waals surface area (Å²) in [6, 6.07) is 5.33. The summed E-state index contributed by atoms with van der Waals surface area (Å²) >= 11 is 0. The molecule has 6 nitrogen and oxygen atoms in total. The zero-order chi connectivity index (χ0) is 14.5. The van der Waals surface area contributed by atoms with Crippen molar-refractivity contribution in [1.29, 1.82) is 0 Å². The molecule has 0 saturated heterocycles. The third-order valence-corrected chi connectivity index (χ3v) is 3.56. The zero-order valence-electron chi connectivity index (χ0n) is 11.2. The summed E-state index contributed by atoms with van der Waals surface area (Å²) in [5.41, 5.74) is 7.15. The maximum atomic E-state index is 10.7. The first-order valence-electron chi connectivity index (χ1n) is 6.01. The number of nitrogens with two attached hydrogens (primary N) is 1. The van der Waals surface area contributed by atoms with E-state index in [9.17, 15) is 8.42 Å². The van der Waals surface area contributed by atoms with Crippen molar-refractivity contribution in [3.05, 3.63) is 18.2 Å². The van der Waals surface area contributed by atoms with E-state index in [0.717, 1.165) is 5.69 Å². The lowest BCUT2D eigenvalue weighted by Crippen LogP contribution is -2.26. The van der Waals surface area contributed by atoms with Gasteiger partial charge in [-0.1, -0.05) is 0 Å². The molecular weight excluding hydrogens is 268 g/mol. The molecule has 0 aliphatic carbocycles. The highest BCUT2D eigenvalue weighted by Gasteiger charge is 2.12. The van der Waals surface area contributed by atoms with Crippen LogP contribution < -0.4 is 15.4 Å². The van der Waals surface area contributed by atoms with Crippen LogP contribution in [0.5, 0.6) is 5.75 Å². The molecule has 0 aromatic heterocycles. The van der Waals surface area contributed by atoms with E-state index in [1.807, 2.05) is 17.9 Å². The van der Waals surface area contributed by atoms with Gasteiger partial charge in [0.1, 0.15) is 5.75 Å². The van der Waals surface area contributed by atoms with E-state index in [0.29, 0.717) is 30.9 Å². The van der Waals surface area contributed by atoms with Crippen LogP contribution in [0.4, 0.5) is 11.4 Å². The number of nitrogens with zero attached hydrogens (tertiary/aromatic N) is 1. The highest BCUT2D eigenvalue weighted by molar-refractivity contribution is 7.85. The van der Waals surface area contributed by atoms with Crippen LogP contribution >= 0.6 is 0 Å². The van der Waals surface area contributed by atoms with Crippen molar-refractivity contribution in [2.24, 2.45) is 0 Å². The van der Waals surface area contributed by atoms with Gasteiger partial charge in [-0.3, -0.25) is 4.55 Å². The molecule has 1 aromatic rings. The second-order valence-corrected chi connectivity index (χ2v) is 5.72. The molecule has 0 bridgehead atoms. The van der Waals surface area contributed by atoms with E-state index in [4.69, 9.17) is 15.0 Å². The number of ether oxygens (including phenoxy) is 1. The van der Waals surface area contributed by atoms with Crippen molar-refractivity contribution in [3.63, 3.8) is 0 Å². The molecule has 3 N–H and O–H groups in total. The predicted molar refractivity (Wildman–Crippen MR) is 76.3 cm³/mol. The lowest BCUT2D eigenvalue weighted by atomic mass is 10.2. The Morgan fingerprint density at radius 1 is 1.42 bits per heavy atom. The number of anilines is 2. The number of hydrogen-bond acceptors (Lipinski definition) is 5. The van der Waals surface area contributed by atoms with Crippen molar-refractivity contribution >= 4 is 21.5 Å². The third kappa shape index (κ3) is 4.96. The smallest absolute Gasteiger partial charge is 0.264 e. The SMILES string of the molecule is CCN(CCCS(=O)(=O)O)c1ccc(N)cc1OC. The molecule has 0 aliphatic heterocycles. The Morgan fingerprint density at radius 3 is 2.63 bits per heavy atom. The maximum absolute atomic E-state index is 10.7. The van der Waals surface area contributed by atoms with Crippen molar-refractivity contribution in [3.8, 4) is 5.75 Å². The van der Waals surface area contributed by atoms with Crippen molar-refractivity contribution < 1.29 is 17.7 Å². The van der Waals surface area contributed by atoms with Gasteiger partial charge in [0, 0.05) is 24.8 Å². The molecule has 1 aromatic carbocycles. The largest absolute Gasteiger partial charge is 0.495 e. The average molecular weight is 288 g/mol. The lowest BCUT2D eigenvalue weighted by molar-refractivity contribution is 0.414. The molecule has 0 saturated carbocycles. The minimum atomic E-state index is -3.91. The Balaban J connectivity index is 2.79. The predicted octanol–water partition coefficient (Wildman–Crippen LogP) is 1.38. The topological polar surface area (TPSA) is 92.9 Å². The van der Waals surface area contributed by atoms with Crippen LogP contribution in [0.2, 0.25) is 0 Å². The normalized spacial score (nSPS) is 11.3. The molecule has 0 amide bonds. The van der Waals surface area contributed by atoms with Gasteiger partial charge in [-0.2, -0.15) is 8.42 Å². The first-order valence-corrected chi connectivity index (χ1v) is 7.62. The van der Waals surface area contributed by atoms with Crippen molar-refractivity contribution in [2.75, 3.05) is 36.6 Å². The molecule has 0 heterocycles. The van der Waals surface area contributed by atoms with Crippen LogP contribution in [0.25, 0.3) is 0 Å². The fourth-order valence-electron chi connectivity index (χ4n) is 1.84. The molecule has 7 heteroatoms. The monoisotopic (exact) mass is 288 g/mol. The average Bonchev–Trinajstić information content (AvgIpc) is 2.34. The lowest BCUT2D eigenvalue weighted by Gasteiger charge is -2.25. The Kier molecular flexibility index (Phi) is 5.44. The highest BCUT2D eigenvalue weighted by Crippen LogP contribution is 2.30. The number of nitrogen functional groups attached to an aromatic ring is 1. The van der Waals surface area contributed by atoms with Gasteiger partial charge < -0.3 is 15.4 Å². The van der Waals surface area contributed by atoms with Crippen LogP contribution in [-0.4, -0.2) is 38.9 Å². The second kappa shape index (κ2) is 6.63. The van der Waals surface area contributed by atoms with Crippen LogP contribution in [-0.2, 0) is 10.1 Å².